The molecule has 0 aliphatic carbocycles. The molecule has 0 spiro atoms. The molecule has 2 aromatic carbocycles. The summed E-state index contributed by atoms with van der Waals surface area (Å²) in [7, 11) is 0. The number of halogens is 2. The van der Waals surface area contributed by atoms with E-state index >= 15 is 0 Å². The van der Waals surface area contributed by atoms with Gasteiger partial charge in [0.05, 0.1) is 6.21 Å². The monoisotopic (exact) mass is 424 g/mol. The van der Waals surface area contributed by atoms with Gasteiger partial charge in [-0.05, 0) is 48.9 Å². The van der Waals surface area contributed by atoms with Crippen LogP contribution in [-0.2, 0) is 4.79 Å². The highest BCUT2D eigenvalue weighted by molar-refractivity contribution is 9.10. The minimum absolute atomic E-state index is 0.0729. The van der Waals surface area contributed by atoms with E-state index in [9.17, 15) is 9.90 Å². The molecule has 0 fully saturated rings. The highest BCUT2D eigenvalue weighted by Gasteiger charge is 2.19. The molecule has 0 aliphatic rings. The van der Waals surface area contributed by atoms with Crippen molar-refractivity contribution in [1.82, 2.24) is 5.43 Å². The third kappa shape index (κ3) is 6.07. The van der Waals surface area contributed by atoms with Crippen molar-refractivity contribution in [2.45, 2.75) is 25.9 Å². The Morgan fingerprint density at radius 3 is 2.76 bits per heavy atom. The Balaban J connectivity index is 2.00. The smallest absolute Gasteiger partial charge is 0.281 e. The number of carbonyl (C=O) groups excluding carboxylic acids is 1. The van der Waals surface area contributed by atoms with Crippen LogP contribution in [0.3, 0.4) is 0 Å². The van der Waals surface area contributed by atoms with Gasteiger partial charge in [0, 0.05) is 15.1 Å². The number of hydrogen-bond donors (Lipinski definition) is 2. The predicted molar refractivity (Wildman–Crippen MR) is 102 cm³/mol. The molecule has 132 valence electrons. The van der Waals surface area contributed by atoms with Gasteiger partial charge in [0.15, 0.2) is 6.10 Å². The second-order valence-electron chi connectivity index (χ2n) is 5.29. The van der Waals surface area contributed by atoms with E-state index in [2.05, 4.69) is 26.5 Å². The first-order valence-electron chi connectivity index (χ1n) is 7.73. The van der Waals surface area contributed by atoms with Gasteiger partial charge >= 0.3 is 0 Å². The number of ether oxygens (including phenoxy) is 1. The molecule has 1 atom stereocenters. The third-order valence-corrected chi connectivity index (χ3v) is 4.05. The predicted octanol–water partition coefficient (Wildman–Crippen LogP) is 4.51. The number of nitrogens with one attached hydrogen (secondary N) is 1. The highest BCUT2D eigenvalue weighted by Crippen LogP contribution is 2.20. The lowest BCUT2D eigenvalue weighted by molar-refractivity contribution is -0.128. The zero-order chi connectivity index (χ0) is 18.2. The van der Waals surface area contributed by atoms with Gasteiger partial charge in [-0.3, -0.25) is 4.79 Å². The van der Waals surface area contributed by atoms with Crippen LogP contribution in [0, 0.1) is 0 Å². The summed E-state index contributed by atoms with van der Waals surface area (Å²) in [6, 6.07) is 11.8. The number of carbonyl (C=O) groups is 1. The third-order valence-electron chi connectivity index (χ3n) is 3.30. The normalized spacial score (nSPS) is 12.1. The van der Waals surface area contributed by atoms with Gasteiger partial charge in [-0.2, -0.15) is 5.10 Å². The summed E-state index contributed by atoms with van der Waals surface area (Å²) in [4.78, 5) is 12.3. The molecular weight excluding hydrogens is 408 g/mol. The SMILES string of the molecule is CCCC(Oc1ccc(Cl)cc1)C(=O)NN=Cc1cc(Br)ccc1O. The van der Waals surface area contributed by atoms with E-state index in [0.29, 0.717) is 22.8 Å². The molecule has 1 unspecified atom stereocenters. The van der Waals surface area contributed by atoms with Crippen molar-refractivity contribution >= 4 is 39.7 Å². The summed E-state index contributed by atoms with van der Waals surface area (Å²) in [5, 5.41) is 14.2. The zero-order valence-corrected chi connectivity index (χ0v) is 15.9. The molecule has 0 saturated heterocycles. The van der Waals surface area contributed by atoms with E-state index in [1.54, 1.807) is 36.4 Å². The summed E-state index contributed by atoms with van der Waals surface area (Å²) < 4.78 is 6.51. The largest absolute Gasteiger partial charge is 0.507 e. The number of hydrazone groups is 1. The first-order valence-corrected chi connectivity index (χ1v) is 8.90. The fourth-order valence-corrected chi connectivity index (χ4v) is 2.55. The number of benzene rings is 2. The van der Waals surface area contributed by atoms with Crippen molar-refractivity contribution in [2.24, 2.45) is 5.10 Å². The first-order chi connectivity index (χ1) is 12.0. The van der Waals surface area contributed by atoms with Crippen LogP contribution < -0.4 is 10.2 Å². The first kappa shape index (κ1) is 19.3. The minimum atomic E-state index is -0.667. The molecule has 1 amide bonds. The molecule has 0 bridgehead atoms. The van der Waals surface area contributed by atoms with Crippen LogP contribution in [0.4, 0.5) is 0 Å². The van der Waals surface area contributed by atoms with Gasteiger partial charge < -0.3 is 9.84 Å². The molecule has 0 saturated carbocycles. The lowest BCUT2D eigenvalue weighted by Crippen LogP contribution is -2.35. The Hall–Kier alpha value is -2.05. The number of rotatable bonds is 7. The van der Waals surface area contributed by atoms with Crippen molar-refractivity contribution < 1.29 is 14.6 Å². The number of phenols is 1. The average molecular weight is 426 g/mol. The Kier molecular flexibility index (Phi) is 7.28. The standard InChI is InChI=1S/C18H18BrClN2O3/c1-2-3-17(25-15-7-5-14(20)6-8-15)18(24)22-21-11-12-10-13(19)4-9-16(12)23/h4-11,17,23H,2-3H2,1H3,(H,22,24). The fourth-order valence-electron chi connectivity index (χ4n) is 2.05. The van der Waals surface area contributed by atoms with Gasteiger partial charge in [0.1, 0.15) is 11.5 Å². The van der Waals surface area contributed by atoms with E-state index in [0.717, 1.165) is 10.9 Å². The van der Waals surface area contributed by atoms with E-state index in [1.165, 1.54) is 12.3 Å². The lowest BCUT2D eigenvalue weighted by atomic mass is 10.2. The topological polar surface area (TPSA) is 70.9 Å². The lowest BCUT2D eigenvalue weighted by Gasteiger charge is -2.16. The van der Waals surface area contributed by atoms with Gasteiger partial charge in [-0.15, -0.1) is 0 Å². The van der Waals surface area contributed by atoms with Crippen LogP contribution in [0.5, 0.6) is 11.5 Å². The quantitative estimate of drug-likeness (QED) is 0.506. The molecule has 0 radical (unpaired) electrons. The van der Waals surface area contributed by atoms with Crippen LogP contribution in [-0.4, -0.2) is 23.3 Å². The van der Waals surface area contributed by atoms with Crippen LogP contribution in [0.1, 0.15) is 25.3 Å². The minimum Gasteiger partial charge on any atom is -0.507 e. The molecule has 0 aliphatic heterocycles. The van der Waals surface area contributed by atoms with Crippen molar-refractivity contribution in [2.75, 3.05) is 0 Å². The van der Waals surface area contributed by atoms with Gasteiger partial charge in [-0.25, -0.2) is 5.43 Å². The van der Waals surface area contributed by atoms with Crippen molar-refractivity contribution in [3.63, 3.8) is 0 Å². The van der Waals surface area contributed by atoms with E-state index in [4.69, 9.17) is 16.3 Å². The van der Waals surface area contributed by atoms with Gasteiger partial charge in [0.25, 0.3) is 5.91 Å². The summed E-state index contributed by atoms with van der Waals surface area (Å²) in [5.41, 5.74) is 2.93. The number of amides is 1. The van der Waals surface area contributed by atoms with Crippen LogP contribution in [0.25, 0.3) is 0 Å². The van der Waals surface area contributed by atoms with Crippen LogP contribution in [0.15, 0.2) is 52.0 Å². The molecule has 0 aromatic heterocycles. The summed E-state index contributed by atoms with van der Waals surface area (Å²) in [6.07, 6.45) is 2.04. The highest BCUT2D eigenvalue weighted by atomic mass is 79.9. The van der Waals surface area contributed by atoms with Crippen LogP contribution >= 0.6 is 27.5 Å². The van der Waals surface area contributed by atoms with Crippen LogP contribution in [0.2, 0.25) is 5.02 Å². The molecular formula is C18H18BrClN2O3. The Labute approximate surface area is 159 Å². The van der Waals surface area contributed by atoms with Crippen molar-refractivity contribution in [3.05, 3.63) is 57.5 Å². The van der Waals surface area contributed by atoms with E-state index in [1.807, 2.05) is 6.92 Å². The summed E-state index contributed by atoms with van der Waals surface area (Å²) >= 11 is 9.16. The zero-order valence-electron chi connectivity index (χ0n) is 13.6. The molecule has 0 heterocycles. The maximum absolute atomic E-state index is 12.3. The Morgan fingerprint density at radius 1 is 1.36 bits per heavy atom. The van der Waals surface area contributed by atoms with Crippen molar-refractivity contribution in [3.8, 4) is 11.5 Å². The molecule has 2 aromatic rings. The van der Waals surface area contributed by atoms with Crippen molar-refractivity contribution in [1.29, 1.82) is 0 Å². The number of phenolic OH excluding ortho intramolecular Hbond substituents is 1. The molecule has 2 N–H and O–H groups in total. The molecule has 5 nitrogen and oxygen atoms in total. The Bertz CT molecular complexity index is 750. The molecule has 25 heavy (non-hydrogen) atoms. The second-order valence-corrected chi connectivity index (χ2v) is 6.64. The van der Waals surface area contributed by atoms with E-state index in [-0.39, 0.29) is 11.7 Å². The van der Waals surface area contributed by atoms with E-state index < -0.39 is 6.10 Å². The molecule has 7 heteroatoms. The molecule has 2 rings (SSSR count). The Morgan fingerprint density at radius 2 is 2.08 bits per heavy atom. The van der Waals surface area contributed by atoms with Gasteiger partial charge in [-0.1, -0.05) is 40.9 Å². The maximum atomic E-state index is 12.3. The average Bonchev–Trinajstić information content (AvgIpc) is 2.59. The number of nitrogens with zero attached hydrogens (tertiary/aromatic N) is 1. The number of hydrogen-bond acceptors (Lipinski definition) is 4. The maximum Gasteiger partial charge on any atom is 0.281 e. The summed E-state index contributed by atoms with van der Waals surface area (Å²) in [5.74, 6) is 0.276. The second kappa shape index (κ2) is 9.44. The summed E-state index contributed by atoms with van der Waals surface area (Å²) in [6.45, 7) is 1.97. The van der Waals surface area contributed by atoms with Gasteiger partial charge in [0.2, 0.25) is 0 Å². The fraction of sp³-hybridized carbons (Fsp3) is 0.222. The number of aromatic hydroxyl groups is 1.